The number of hydrogen-bond donors (Lipinski definition) is 2. The molecule has 2 N–H and O–H groups in total. The van der Waals surface area contributed by atoms with E-state index in [2.05, 4.69) is 31.9 Å². The summed E-state index contributed by atoms with van der Waals surface area (Å²) < 4.78 is 12.2. The van der Waals surface area contributed by atoms with Gasteiger partial charge in [-0.25, -0.2) is 0 Å². The molecule has 4 nitrogen and oxygen atoms in total. The zero-order valence-electron chi connectivity index (χ0n) is 9.16. The summed E-state index contributed by atoms with van der Waals surface area (Å²) in [5.74, 6) is 0.676. The van der Waals surface area contributed by atoms with Gasteiger partial charge in [0.25, 0.3) is 0 Å². The maximum Gasteiger partial charge on any atom is 0.147 e. The van der Waals surface area contributed by atoms with Crippen LogP contribution in [0.15, 0.2) is 21.1 Å². The SMILES string of the molecule is OCCOCCOc1c(Br)cc(CO)cc1Br. The number of ether oxygens (including phenoxy) is 2. The van der Waals surface area contributed by atoms with Gasteiger partial charge in [0.1, 0.15) is 12.4 Å². The molecule has 1 aromatic rings. The first kappa shape index (κ1) is 14.9. The van der Waals surface area contributed by atoms with Gasteiger partial charge in [-0.1, -0.05) is 0 Å². The maximum atomic E-state index is 9.02. The number of benzene rings is 1. The summed E-state index contributed by atoms with van der Waals surface area (Å²) >= 11 is 6.75. The van der Waals surface area contributed by atoms with Crippen molar-refractivity contribution in [3.63, 3.8) is 0 Å². The molecular weight excluding hydrogens is 356 g/mol. The summed E-state index contributed by atoms with van der Waals surface area (Å²) in [4.78, 5) is 0. The molecule has 0 saturated heterocycles. The fraction of sp³-hybridized carbons (Fsp3) is 0.455. The molecule has 0 spiro atoms. The number of aliphatic hydroxyl groups excluding tert-OH is 2. The van der Waals surface area contributed by atoms with Gasteiger partial charge in [-0.2, -0.15) is 0 Å². The Kier molecular flexibility index (Phi) is 7.06. The van der Waals surface area contributed by atoms with Crippen molar-refractivity contribution >= 4 is 31.9 Å². The Morgan fingerprint density at radius 1 is 1.00 bits per heavy atom. The minimum Gasteiger partial charge on any atom is -0.489 e. The van der Waals surface area contributed by atoms with Crippen LogP contribution in [0.2, 0.25) is 0 Å². The largest absolute Gasteiger partial charge is 0.489 e. The molecule has 17 heavy (non-hydrogen) atoms. The smallest absolute Gasteiger partial charge is 0.147 e. The van der Waals surface area contributed by atoms with Crippen LogP contribution in [0.25, 0.3) is 0 Å². The van der Waals surface area contributed by atoms with E-state index in [9.17, 15) is 0 Å². The molecule has 0 bridgehead atoms. The highest BCUT2D eigenvalue weighted by atomic mass is 79.9. The third-order valence-electron chi connectivity index (χ3n) is 1.95. The minimum absolute atomic E-state index is 0.0125. The van der Waals surface area contributed by atoms with Crippen molar-refractivity contribution in [3.05, 3.63) is 26.6 Å². The first-order valence-electron chi connectivity index (χ1n) is 5.09. The van der Waals surface area contributed by atoms with E-state index in [1.807, 2.05) is 0 Å². The summed E-state index contributed by atoms with van der Waals surface area (Å²) in [6.07, 6.45) is 0. The molecule has 0 aliphatic carbocycles. The molecule has 0 saturated carbocycles. The van der Waals surface area contributed by atoms with Gasteiger partial charge in [0.05, 0.1) is 35.4 Å². The lowest BCUT2D eigenvalue weighted by Crippen LogP contribution is -2.09. The van der Waals surface area contributed by atoms with Gasteiger partial charge in [-0.05, 0) is 49.6 Å². The molecule has 1 aromatic carbocycles. The zero-order valence-corrected chi connectivity index (χ0v) is 12.3. The summed E-state index contributed by atoms with van der Waals surface area (Å²) in [5, 5.41) is 17.5. The van der Waals surface area contributed by atoms with Gasteiger partial charge >= 0.3 is 0 Å². The van der Waals surface area contributed by atoms with Crippen LogP contribution in [0.3, 0.4) is 0 Å². The second-order valence-corrected chi connectivity index (χ2v) is 4.94. The number of halogens is 2. The van der Waals surface area contributed by atoms with Gasteiger partial charge in [0.2, 0.25) is 0 Å². The molecule has 0 heterocycles. The van der Waals surface area contributed by atoms with E-state index in [1.54, 1.807) is 12.1 Å². The van der Waals surface area contributed by atoms with Crippen LogP contribution >= 0.6 is 31.9 Å². The van der Waals surface area contributed by atoms with Crippen molar-refractivity contribution in [1.82, 2.24) is 0 Å². The van der Waals surface area contributed by atoms with Crippen LogP contribution in [0, 0.1) is 0 Å². The van der Waals surface area contributed by atoms with Crippen molar-refractivity contribution < 1.29 is 19.7 Å². The first-order valence-corrected chi connectivity index (χ1v) is 6.67. The molecule has 0 aliphatic heterocycles. The van der Waals surface area contributed by atoms with Crippen LogP contribution in [-0.2, 0) is 11.3 Å². The summed E-state index contributed by atoms with van der Waals surface area (Å²) in [5.41, 5.74) is 0.799. The predicted molar refractivity (Wildman–Crippen MR) is 71.2 cm³/mol. The molecule has 0 unspecified atom stereocenters. The van der Waals surface area contributed by atoms with E-state index in [4.69, 9.17) is 19.7 Å². The quantitative estimate of drug-likeness (QED) is 0.722. The van der Waals surface area contributed by atoms with Gasteiger partial charge < -0.3 is 19.7 Å². The minimum atomic E-state index is -0.0168. The molecular formula is C11H14Br2O4. The molecule has 0 amide bonds. The highest BCUT2D eigenvalue weighted by Crippen LogP contribution is 2.34. The number of aliphatic hydroxyl groups is 2. The lowest BCUT2D eigenvalue weighted by molar-refractivity contribution is 0.0702. The second-order valence-electron chi connectivity index (χ2n) is 3.23. The normalized spacial score (nSPS) is 10.6. The van der Waals surface area contributed by atoms with Gasteiger partial charge in [-0.15, -0.1) is 0 Å². The van der Waals surface area contributed by atoms with Crippen molar-refractivity contribution in [2.45, 2.75) is 6.61 Å². The van der Waals surface area contributed by atoms with E-state index in [0.717, 1.165) is 14.5 Å². The monoisotopic (exact) mass is 368 g/mol. The van der Waals surface area contributed by atoms with Gasteiger partial charge in [0.15, 0.2) is 0 Å². The molecule has 0 aromatic heterocycles. The van der Waals surface area contributed by atoms with Crippen molar-refractivity contribution in [1.29, 1.82) is 0 Å². The van der Waals surface area contributed by atoms with Crippen molar-refractivity contribution in [2.24, 2.45) is 0 Å². The average molecular weight is 370 g/mol. The van der Waals surface area contributed by atoms with E-state index in [0.29, 0.717) is 25.6 Å². The molecule has 0 aliphatic rings. The topological polar surface area (TPSA) is 58.9 Å². The summed E-state index contributed by atoms with van der Waals surface area (Å²) in [6.45, 7) is 1.13. The van der Waals surface area contributed by atoms with E-state index >= 15 is 0 Å². The van der Waals surface area contributed by atoms with Gasteiger partial charge in [0, 0.05) is 0 Å². The fourth-order valence-corrected chi connectivity index (χ4v) is 2.72. The Labute approximate surface area is 117 Å². The van der Waals surface area contributed by atoms with Crippen LogP contribution in [0.5, 0.6) is 5.75 Å². The molecule has 96 valence electrons. The molecule has 0 radical (unpaired) electrons. The Morgan fingerprint density at radius 2 is 1.65 bits per heavy atom. The Morgan fingerprint density at radius 3 is 2.18 bits per heavy atom. The van der Waals surface area contributed by atoms with Crippen LogP contribution in [0.1, 0.15) is 5.56 Å². The van der Waals surface area contributed by atoms with Crippen molar-refractivity contribution in [2.75, 3.05) is 26.4 Å². The molecule has 6 heteroatoms. The average Bonchev–Trinajstić information content (AvgIpc) is 2.31. The fourth-order valence-electron chi connectivity index (χ4n) is 1.21. The lowest BCUT2D eigenvalue weighted by atomic mass is 10.2. The van der Waals surface area contributed by atoms with Gasteiger partial charge in [-0.3, -0.25) is 0 Å². The maximum absolute atomic E-state index is 9.02. The Hall–Kier alpha value is -0.140. The highest BCUT2D eigenvalue weighted by Gasteiger charge is 2.08. The summed E-state index contributed by atoms with van der Waals surface area (Å²) in [6, 6.07) is 3.60. The molecule has 0 fully saturated rings. The van der Waals surface area contributed by atoms with Crippen molar-refractivity contribution in [3.8, 4) is 5.75 Å². The van der Waals surface area contributed by atoms with E-state index < -0.39 is 0 Å². The standard InChI is InChI=1S/C11H14Br2O4/c12-9-5-8(7-15)6-10(13)11(9)17-4-3-16-2-1-14/h5-6,14-15H,1-4,7H2. The Bertz CT molecular complexity index is 334. The zero-order chi connectivity index (χ0) is 12.7. The first-order chi connectivity index (χ1) is 8.19. The Balaban J connectivity index is 2.53. The third-order valence-corrected chi connectivity index (χ3v) is 3.13. The predicted octanol–water partition coefficient (Wildman–Crippen LogP) is 2.09. The lowest BCUT2D eigenvalue weighted by Gasteiger charge is -2.11. The number of hydrogen-bond acceptors (Lipinski definition) is 4. The third kappa shape index (κ3) is 4.93. The van der Waals surface area contributed by atoms with Crippen LogP contribution in [-0.4, -0.2) is 36.6 Å². The van der Waals surface area contributed by atoms with Crippen LogP contribution < -0.4 is 4.74 Å². The highest BCUT2D eigenvalue weighted by molar-refractivity contribution is 9.11. The second kappa shape index (κ2) is 8.05. The van der Waals surface area contributed by atoms with E-state index in [-0.39, 0.29) is 13.2 Å². The van der Waals surface area contributed by atoms with Crippen LogP contribution in [0.4, 0.5) is 0 Å². The van der Waals surface area contributed by atoms with E-state index in [1.165, 1.54) is 0 Å². The summed E-state index contributed by atoms with van der Waals surface area (Å²) in [7, 11) is 0. The number of rotatable bonds is 7. The molecule has 1 rings (SSSR count). The molecule has 0 atom stereocenters.